The first kappa shape index (κ1) is 17.4. The average molecular weight is 376 g/mol. The molecule has 0 spiro atoms. The molecular weight excluding hydrogens is 369 g/mol. The fraction of sp³-hybridized carbons (Fsp3) is 0. The third-order valence-electron chi connectivity index (χ3n) is 2.48. The minimum absolute atomic E-state index is 0.187. The summed E-state index contributed by atoms with van der Waals surface area (Å²) in [5.41, 5.74) is 0.990. The van der Waals surface area contributed by atoms with Crippen molar-refractivity contribution in [3.8, 4) is 0 Å². The van der Waals surface area contributed by atoms with Gasteiger partial charge in [-0.25, -0.2) is 0 Å². The molecule has 3 aromatic heterocycles. The van der Waals surface area contributed by atoms with Crippen molar-refractivity contribution in [1.29, 1.82) is 0 Å². The molecule has 0 aliphatic carbocycles. The maximum absolute atomic E-state index is 10.7. The molecule has 0 bridgehead atoms. The summed E-state index contributed by atoms with van der Waals surface area (Å²) in [7, 11) is -10.7. The van der Waals surface area contributed by atoms with Gasteiger partial charge < -0.3 is 0 Å². The molecule has 23 heavy (non-hydrogen) atoms. The van der Waals surface area contributed by atoms with E-state index in [2.05, 4.69) is 0 Å². The van der Waals surface area contributed by atoms with Crippen LogP contribution in [0.15, 0.2) is 42.7 Å². The minimum atomic E-state index is -10.7. The first-order valence-corrected chi connectivity index (χ1v) is 8.58. The Hall–Kier alpha value is -2.00. The molecule has 0 N–H and O–H groups in total. The van der Waals surface area contributed by atoms with Crippen LogP contribution in [0.5, 0.6) is 0 Å². The average Bonchev–Trinajstić information content (AvgIpc) is 2.79. The van der Waals surface area contributed by atoms with Crippen LogP contribution in [0.2, 0.25) is 0 Å². The van der Waals surface area contributed by atoms with Crippen LogP contribution in [0.25, 0.3) is 15.6 Å². The Labute approximate surface area is 128 Å². The minimum Gasteiger partial charge on any atom is -0.258 e. The molecule has 3 rings (SSSR count). The van der Waals surface area contributed by atoms with Crippen LogP contribution in [0.3, 0.4) is 0 Å². The number of rotatable bonds is 1. The van der Waals surface area contributed by atoms with Gasteiger partial charge in [0.05, 0.1) is 15.0 Å². The third kappa shape index (κ3) is 5.61. The fourth-order valence-corrected chi connectivity index (χ4v) is 2.65. The summed E-state index contributed by atoms with van der Waals surface area (Å²) < 4.78 is 62.1. The monoisotopic (exact) mass is 376 g/mol. The van der Waals surface area contributed by atoms with Gasteiger partial charge in [-0.2, -0.15) is 4.40 Å². The van der Waals surface area contributed by atoms with Gasteiger partial charge in [-0.3, -0.25) is 10.1 Å². The molecule has 126 valence electrons. The molecule has 3 heterocycles. The summed E-state index contributed by atoms with van der Waals surface area (Å²) in [6.45, 7) is 0. The summed E-state index contributed by atoms with van der Waals surface area (Å²) in [5, 5.41) is 11.8. The summed E-state index contributed by atoms with van der Waals surface area (Å²) in [4.78, 5) is 10.4. The van der Waals surface area contributed by atoms with E-state index in [0.29, 0.717) is 0 Å². The van der Waals surface area contributed by atoms with E-state index >= 15 is 0 Å². The van der Waals surface area contributed by atoms with E-state index in [4.69, 9.17) is 0 Å². The number of hydrogen-bond donors (Lipinski definition) is 0. The maximum atomic E-state index is 10.7. The first-order valence-electron chi connectivity index (χ1n) is 5.74. The van der Waals surface area contributed by atoms with E-state index in [1.807, 2.05) is 41.1 Å². The van der Waals surface area contributed by atoms with Gasteiger partial charge in [0.25, 0.3) is 0 Å². The zero-order chi connectivity index (χ0) is 17.5. The molecule has 0 fully saturated rings. The van der Waals surface area contributed by atoms with Crippen molar-refractivity contribution in [2.24, 2.45) is 0 Å². The summed E-state index contributed by atoms with van der Waals surface area (Å²) in [5.74, 6) is 0. The van der Waals surface area contributed by atoms with Gasteiger partial charge >= 0.3 is 38.0 Å². The largest absolute Gasteiger partial charge is 0.325 e. The summed E-state index contributed by atoms with van der Waals surface area (Å²) in [6, 6.07) is 9.35. The number of nitrogens with zero attached hydrogens (tertiary/aromatic N) is 2. The zero-order valence-electron chi connectivity index (χ0n) is 10.9. The Balaban J connectivity index is 0.000000236. The standard InChI is InChI=1S/C11H7N2O2S.F6P/c14-13(15)11-7-8-9-3-1-2-5-12(9)6-4-10(8)16-11;1-7(2,3,4,5)6/h1-7H;/q+1;-1. The molecule has 0 unspecified atom stereocenters. The van der Waals surface area contributed by atoms with Crippen molar-refractivity contribution in [3.05, 3.63) is 52.8 Å². The van der Waals surface area contributed by atoms with Gasteiger partial charge in [0.2, 0.25) is 5.52 Å². The van der Waals surface area contributed by atoms with E-state index < -0.39 is 7.81 Å². The van der Waals surface area contributed by atoms with Crippen molar-refractivity contribution in [2.45, 2.75) is 0 Å². The quantitative estimate of drug-likeness (QED) is 0.174. The molecule has 4 nitrogen and oxygen atoms in total. The van der Waals surface area contributed by atoms with Gasteiger partial charge in [0.15, 0.2) is 12.4 Å². The van der Waals surface area contributed by atoms with E-state index in [0.717, 1.165) is 15.6 Å². The van der Waals surface area contributed by atoms with Crippen molar-refractivity contribution >= 4 is 39.7 Å². The smallest absolute Gasteiger partial charge is 0.258 e. The summed E-state index contributed by atoms with van der Waals surface area (Å²) >= 11 is 1.21. The molecule has 0 amide bonds. The van der Waals surface area contributed by atoms with Crippen LogP contribution in [0.1, 0.15) is 0 Å². The molecule has 0 radical (unpaired) electrons. The molecule has 0 aliphatic heterocycles. The van der Waals surface area contributed by atoms with E-state index in [1.165, 1.54) is 11.3 Å². The van der Waals surface area contributed by atoms with E-state index in [-0.39, 0.29) is 9.92 Å². The van der Waals surface area contributed by atoms with E-state index in [1.54, 1.807) is 6.07 Å². The number of thiophene rings is 1. The Morgan fingerprint density at radius 2 is 1.65 bits per heavy atom. The maximum Gasteiger partial charge on any atom is 0.325 e. The van der Waals surface area contributed by atoms with Crippen molar-refractivity contribution < 1.29 is 34.5 Å². The Kier molecular flexibility index (Phi) is 3.58. The number of pyridine rings is 2. The molecule has 0 aromatic carbocycles. The van der Waals surface area contributed by atoms with Crippen molar-refractivity contribution in [2.75, 3.05) is 0 Å². The van der Waals surface area contributed by atoms with Gasteiger partial charge in [-0.05, 0) is 6.07 Å². The number of aromatic nitrogens is 1. The van der Waals surface area contributed by atoms with Crippen molar-refractivity contribution in [1.82, 2.24) is 0 Å². The van der Waals surface area contributed by atoms with Crippen LogP contribution < -0.4 is 4.40 Å². The third-order valence-corrected chi connectivity index (χ3v) is 3.53. The van der Waals surface area contributed by atoms with Crippen LogP contribution in [0, 0.1) is 10.1 Å². The number of halogens is 6. The molecule has 0 aliphatic rings. The predicted molar refractivity (Wildman–Crippen MR) is 75.2 cm³/mol. The molecule has 0 saturated carbocycles. The molecular formula is C11H7F6N2O2PS. The number of hydrogen-bond acceptors (Lipinski definition) is 3. The molecule has 3 aromatic rings. The van der Waals surface area contributed by atoms with Gasteiger partial charge in [0, 0.05) is 24.3 Å². The fourth-order valence-electron chi connectivity index (χ4n) is 1.77. The topological polar surface area (TPSA) is 47.2 Å². The molecule has 0 atom stereocenters. The van der Waals surface area contributed by atoms with Crippen molar-refractivity contribution in [3.63, 3.8) is 0 Å². The Morgan fingerprint density at radius 3 is 2.22 bits per heavy atom. The van der Waals surface area contributed by atoms with Crippen LogP contribution in [0.4, 0.5) is 30.2 Å². The summed E-state index contributed by atoms with van der Waals surface area (Å²) in [6.07, 6.45) is 3.84. The van der Waals surface area contributed by atoms with Crippen LogP contribution in [-0.2, 0) is 0 Å². The number of nitro groups is 1. The zero-order valence-corrected chi connectivity index (χ0v) is 12.6. The second-order valence-corrected chi connectivity index (χ2v) is 7.37. The van der Waals surface area contributed by atoms with Crippen LogP contribution >= 0.6 is 19.1 Å². The predicted octanol–water partition coefficient (Wildman–Crippen LogP) is 5.93. The Bertz CT molecular complexity index is 898. The second kappa shape index (κ2) is 4.75. The first-order chi connectivity index (χ1) is 10.2. The van der Waals surface area contributed by atoms with Gasteiger partial charge in [-0.15, -0.1) is 0 Å². The van der Waals surface area contributed by atoms with Gasteiger partial charge in [-0.1, -0.05) is 11.3 Å². The molecule has 0 saturated heterocycles. The Morgan fingerprint density at radius 1 is 1.04 bits per heavy atom. The second-order valence-electron chi connectivity index (χ2n) is 4.39. The van der Waals surface area contributed by atoms with Gasteiger partial charge in [0.1, 0.15) is 0 Å². The van der Waals surface area contributed by atoms with Crippen LogP contribution in [-0.4, -0.2) is 4.92 Å². The van der Waals surface area contributed by atoms with E-state index in [9.17, 15) is 35.3 Å². The molecule has 12 heteroatoms. The normalized spacial score (nSPS) is 14.7. The number of fused-ring (bicyclic) bond motifs is 3. The SMILES string of the molecule is F[P-](F)(F)(F)(F)F.O=[N+]([O-])c1cc2c(cc[n+]3ccccc23)s1.